The second-order valence-electron chi connectivity index (χ2n) is 4.83. The first-order valence-electron chi connectivity index (χ1n) is 6.04. The van der Waals surface area contributed by atoms with Gasteiger partial charge in [0, 0.05) is 24.8 Å². The monoisotopic (exact) mass is 251 g/mol. The van der Waals surface area contributed by atoms with Crippen molar-refractivity contribution in [1.82, 2.24) is 4.98 Å². The first kappa shape index (κ1) is 12.8. The van der Waals surface area contributed by atoms with Crippen molar-refractivity contribution in [3.8, 4) is 0 Å². The van der Waals surface area contributed by atoms with Crippen LogP contribution in [0.2, 0.25) is 0 Å². The van der Waals surface area contributed by atoms with Crippen LogP contribution in [0.25, 0.3) is 0 Å². The highest BCUT2D eigenvalue weighted by atomic mass is 16.6. The van der Waals surface area contributed by atoms with E-state index in [2.05, 4.69) is 4.98 Å². The molecule has 0 saturated carbocycles. The van der Waals surface area contributed by atoms with Crippen molar-refractivity contribution >= 4 is 11.5 Å². The van der Waals surface area contributed by atoms with Gasteiger partial charge >= 0.3 is 5.69 Å². The second kappa shape index (κ2) is 4.89. The summed E-state index contributed by atoms with van der Waals surface area (Å²) < 4.78 is 0. The number of aromatic nitrogens is 1. The number of pyridine rings is 1. The molecular weight excluding hydrogens is 234 g/mol. The van der Waals surface area contributed by atoms with Crippen molar-refractivity contribution in [1.29, 1.82) is 0 Å². The van der Waals surface area contributed by atoms with Gasteiger partial charge in [-0.1, -0.05) is 6.92 Å². The average molecular weight is 251 g/mol. The molecule has 98 valence electrons. The van der Waals surface area contributed by atoms with Gasteiger partial charge in [0.1, 0.15) is 0 Å². The Morgan fingerprint density at radius 3 is 2.89 bits per heavy atom. The van der Waals surface area contributed by atoms with Crippen LogP contribution in [-0.4, -0.2) is 34.2 Å². The zero-order valence-corrected chi connectivity index (χ0v) is 10.5. The molecule has 6 heteroatoms. The lowest BCUT2D eigenvalue weighted by Gasteiger charge is -2.34. The molecule has 0 spiro atoms. The first-order chi connectivity index (χ1) is 8.49. The number of aliphatic hydroxyl groups excluding tert-OH is 1. The van der Waals surface area contributed by atoms with Crippen molar-refractivity contribution in [3.63, 3.8) is 0 Å². The van der Waals surface area contributed by atoms with Crippen LogP contribution in [0, 0.1) is 23.0 Å². The molecule has 2 atom stereocenters. The standard InChI is InChI=1S/C12H17N3O3/c1-8-5-6-14(7-11(8)16)12-10(15(17)18)4-3-9(2)13-12/h3-4,8,11,16H,5-7H2,1-2H3. The number of nitro groups is 1. The largest absolute Gasteiger partial charge is 0.391 e. The van der Waals surface area contributed by atoms with Crippen molar-refractivity contribution in [2.75, 3.05) is 18.0 Å². The molecule has 1 fully saturated rings. The lowest BCUT2D eigenvalue weighted by Crippen LogP contribution is -2.43. The van der Waals surface area contributed by atoms with Gasteiger partial charge in [-0.15, -0.1) is 0 Å². The number of β-amino-alcohol motifs (C(OH)–C–C–N with tert-alkyl or cyclic N) is 1. The number of anilines is 1. The van der Waals surface area contributed by atoms with Gasteiger partial charge in [0.15, 0.2) is 0 Å². The molecule has 0 aromatic carbocycles. The van der Waals surface area contributed by atoms with Crippen LogP contribution in [0.1, 0.15) is 19.0 Å². The van der Waals surface area contributed by atoms with Gasteiger partial charge in [0.25, 0.3) is 0 Å². The summed E-state index contributed by atoms with van der Waals surface area (Å²) in [4.78, 5) is 16.6. The number of rotatable bonds is 2. The minimum absolute atomic E-state index is 0.00218. The van der Waals surface area contributed by atoms with E-state index >= 15 is 0 Å². The summed E-state index contributed by atoms with van der Waals surface area (Å²) in [6.07, 6.45) is 0.356. The first-order valence-corrected chi connectivity index (χ1v) is 6.04. The summed E-state index contributed by atoms with van der Waals surface area (Å²) in [5.74, 6) is 0.594. The molecule has 1 aromatic rings. The Morgan fingerprint density at radius 2 is 2.28 bits per heavy atom. The Morgan fingerprint density at radius 1 is 1.56 bits per heavy atom. The van der Waals surface area contributed by atoms with E-state index in [4.69, 9.17) is 0 Å². The summed E-state index contributed by atoms with van der Waals surface area (Å²) in [6, 6.07) is 3.10. The lowest BCUT2D eigenvalue weighted by molar-refractivity contribution is -0.384. The number of aryl methyl sites for hydroxylation is 1. The van der Waals surface area contributed by atoms with Gasteiger partial charge in [-0.05, 0) is 25.3 Å². The average Bonchev–Trinajstić information content (AvgIpc) is 2.32. The fourth-order valence-corrected chi connectivity index (χ4v) is 2.15. The number of nitrogens with zero attached hydrogens (tertiary/aromatic N) is 3. The Bertz CT molecular complexity index is 464. The minimum Gasteiger partial charge on any atom is -0.391 e. The smallest absolute Gasteiger partial charge is 0.311 e. The van der Waals surface area contributed by atoms with E-state index in [9.17, 15) is 15.2 Å². The quantitative estimate of drug-likeness (QED) is 0.636. The van der Waals surface area contributed by atoms with Crippen molar-refractivity contribution in [3.05, 3.63) is 27.9 Å². The van der Waals surface area contributed by atoms with Crippen LogP contribution in [-0.2, 0) is 0 Å². The van der Waals surface area contributed by atoms with E-state index in [0.717, 1.165) is 12.1 Å². The maximum absolute atomic E-state index is 11.0. The Balaban J connectivity index is 2.32. The molecule has 0 aliphatic carbocycles. The van der Waals surface area contributed by atoms with Crippen LogP contribution in [0.15, 0.2) is 12.1 Å². The molecule has 0 bridgehead atoms. The van der Waals surface area contributed by atoms with Gasteiger partial charge < -0.3 is 10.0 Å². The van der Waals surface area contributed by atoms with Crippen LogP contribution < -0.4 is 4.90 Å². The number of piperidine rings is 1. The van der Waals surface area contributed by atoms with Gasteiger partial charge in [-0.3, -0.25) is 10.1 Å². The Hall–Kier alpha value is -1.69. The van der Waals surface area contributed by atoms with Crippen molar-refractivity contribution in [2.45, 2.75) is 26.4 Å². The van der Waals surface area contributed by atoms with Crippen LogP contribution >= 0.6 is 0 Å². The second-order valence-corrected chi connectivity index (χ2v) is 4.83. The Labute approximate surface area is 105 Å². The molecule has 1 aliphatic heterocycles. The fourth-order valence-electron chi connectivity index (χ4n) is 2.15. The van der Waals surface area contributed by atoms with Crippen LogP contribution in [0.5, 0.6) is 0 Å². The third kappa shape index (κ3) is 2.43. The minimum atomic E-state index is -0.458. The molecule has 1 N–H and O–H groups in total. The number of hydrogen-bond acceptors (Lipinski definition) is 5. The molecule has 1 aromatic heterocycles. The predicted molar refractivity (Wildman–Crippen MR) is 67.6 cm³/mol. The summed E-state index contributed by atoms with van der Waals surface area (Å²) in [7, 11) is 0. The lowest BCUT2D eigenvalue weighted by atomic mass is 9.96. The van der Waals surface area contributed by atoms with Gasteiger partial charge in [-0.2, -0.15) is 0 Å². The molecule has 1 aliphatic rings. The fraction of sp³-hybridized carbons (Fsp3) is 0.583. The zero-order chi connectivity index (χ0) is 13.3. The van der Waals surface area contributed by atoms with Crippen molar-refractivity contribution in [2.24, 2.45) is 5.92 Å². The molecule has 18 heavy (non-hydrogen) atoms. The molecule has 2 rings (SSSR count). The molecule has 6 nitrogen and oxygen atoms in total. The summed E-state index contributed by atoms with van der Waals surface area (Å²) in [6.45, 7) is 4.88. The highest BCUT2D eigenvalue weighted by Crippen LogP contribution is 2.29. The summed E-state index contributed by atoms with van der Waals surface area (Å²) >= 11 is 0. The van der Waals surface area contributed by atoms with Gasteiger partial charge in [0.2, 0.25) is 5.82 Å². The van der Waals surface area contributed by atoms with E-state index in [0.29, 0.717) is 18.9 Å². The Kier molecular flexibility index (Phi) is 3.47. The molecule has 0 radical (unpaired) electrons. The van der Waals surface area contributed by atoms with Crippen LogP contribution in [0.3, 0.4) is 0 Å². The molecule has 2 unspecified atom stereocenters. The molecular formula is C12H17N3O3. The van der Waals surface area contributed by atoms with E-state index in [1.165, 1.54) is 6.07 Å². The van der Waals surface area contributed by atoms with E-state index in [1.54, 1.807) is 17.9 Å². The normalized spacial score (nSPS) is 24.1. The van der Waals surface area contributed by atoms with Gasteiger partial charge in [-0.25, -0.2) is 4.98 Å². The maximum atomic E-state index is 11.0. The summed E-state index contributed by atoms with van der Waals surface area (Å²) in [5, 5.41) is 20.9. The highest BCUT2D eigenvalue weighted by molar-refractivity contribution is 5.58. The number of hydrogen-bond donors (Lipinski definition) is 1. The van der Waals surface area contributed by atoms with E-state index in [-0.39, 0.29) is 11.6 Å². The molecule has 2 heterocycles. The molecule has 0 amide bonds. The third-order valence-electron chi connectivity index (χ3n) is 3.41. The third-order valence-corrected chi connectivity index (χ3v) is 3.41. The highest BCUT2D eigenvalue weighted by Gasteiger charge is 2.29. The zero-order valence-electron chi connectivity index (χ0n) is 10.5. The van der Waals surface area contributed by atoms with Crippen LogP contribution in [0.4, 0.5) is 11.5 Å². The van der Waals surface area contributed by atoms with Gasteiger partial charge in [0.05, 0.1) is 11.0 Å². The van der Waals surface area contributed by atoms with E-state index < -0.39 is 11.0 Å². The van der Waals surface area contributed by atoms with Crippen molar-refractivity contribution < 1.29 is 10.0 Å². The summed E-state index contributed by atoms with van der Waals surface area (Å²) in [5.41, 5.74) is 0.742. The predicted octanol–water partition coefficient (Wildman–Crippen LogP) is 1.51. The maximum Gasteiger partial charge on any atom is 0.311 e. The topological polar surface area (TPSA) is 79.5 Å². The molecule has 1 saturated heterocycles. The SMILES string of the molecule is Cc1ccc([N+](=O)[O-])c(N2CCC(C)C(O)C2)n1. The number of aliphatic hydroxyl groups is 1. The van der Waals surface area contributed by atoms with E-state index in [1.807, 2.05) is 6.92 Å².